The van der Waals surface area contributed by atoms with Gasteiger partial charge in [-0.1, -0.05) is 29.8 Å². The molecule has 29 heavy (non-hydrogen) atoms. The highest BCUT2D eigenvalue weighted by Crippen LogP contribution is 2.23. The number of carbonyl (C=O) groups excluding carboxylic acids is 1. The number of anilines is 1. The molecule has 1 aromatic carbocycles. The maximum Gasteiger partial charge on any atom is 0.291 e. The molecule has 4 rings (SSSR count). The van der Waals surface area contributed by atoms with Gasteiger partial charge in [0.2, 0.25) is 0 Å². The van der Waals surface area contributed by atoms with Crippen LogP contribution in [0.15, 0.2) is 59.3 Å². The number of nitrogens with zero attached hydrogens (tertiary/aromatic N) is 4. The topological polar surface area (TPSA) is 77.9 Å². The number of nitrogens with one attached hydrogen (secondary N) is 1. The van der Waals surface area contributed by atoms with E-state index >= 15 is 0 Å². The van der Waals surface area contributed by atoms with Gasteiger partial charge in [-0.25, -0.2) is 0 Å². The van der Waals surface area contributed by atoms with Crippen LogP contribution in [0.2, 0.25) is 5.02 Å². The Bertz CT molecular complexity index is 1140. The van der Waals surface area contributed by atoms with E-state index in [1.807, 2.05) is 55.1 Å². The van der Waals surface area contributed by atoms with Crippen molar-refractivity contribution in [3.63, 3.8) is 0 Å². The van der Waals surface area contributed by atoms with Crippen LogP contribution < -0.4 is 5.32 Å². The first kappa shape index (κ1) is 19.0. The van der Waals surface area contributed by atoms with Crippen molar-refractivity contribution in [2.24, 2.45) is 0 Å². The number of furan rings is 1. The van der Waals surface area contributed by atoms with Gasteiger partial charge in [0.25, 0.3) is 5.91 Å². The van der Waals surface area contributed by atoms with E-state index in [2.05, 4.69) is 15.5 Å². The average Bonchev–Trinajstić information content (AvgIpc) is 3.43. The van der Waals surface area contributed by atoms with Gasteiger partial charge in [0.15, 0.2) is 5.76 Å². The number of aromatic nitrogens is 4. The summed E-state index contributed by atoms with van der Waals surface area (Å²) in [6, 6.07) is 12.9. The molecule has 1 amide bonds. The highest BCUT2D eigenvalue weighted by Gasteiger charge is 2.18. The second-order valence-corrected chi connectivity index (χ2v) is 7.13. The van der Waals surface area contributed by atoms with Gasteiger partial charge >= 0.3 is 0 Å². The first-order valence-electron chi connectivity index (χ1n) is 9.16. The SMILES string of the molecule is Cc1nn(Cc2ccccc2Cl)c(C)c1NC(=O)c1ccc(Cn2cccn2)o1. The van der Waals surface area contributed by atoms with Crippen molar-refractivity contribution >= 4 is 23.2 Å². The first-order valence-corrected chi connectivity index (χ1v) is 9.54. The second kappa shape index (κ2) is 7.97. The molecule has 0 spiro atoms. The predicted octanol–water partition coefficient (Wildman–Crippen LogP) is 4.29. The van der Waals surface area contributed by atoms with Crippen molar-refractivity contribution in [1.82, 2.24) is 19.6 Å². The summed E-state index contributed by atoms with van der Waals surface area (Å²) in [5.74, 6) is 0.576. The lowest BCUT2D eigenvalue weighted by Gasteiger charge is -2.08. The Morgan fingerprint density at radius 2 is 1.97 bits per heavy atom. The van der Waals surface area contributed by atoms with Crippen molar-refractivity contribution in [2.45, 2.75) is 26.9 Å². The first-order chi connectivity index (χ1) is 14.0. The van der Waals surface area contributed by atoms with Crippen molar-refractivity contribution in [2.75, 3.05) is 5.32 Å². The number of hydrogen-bond acceptors (Lipinski definition) is 4. The number of halogens is 1. The molecule has 0 aliphatic carbocycles. The summed E-state index contributed by atoms with van der Waals surface area (Å²) in [5, 5.41) is 12.3. The third kappa shape index (κ3) is 4.09. The zero-order valence-electron chi connectivity index (χ0n) is 16.1. The standard InChI is InChI=1S/C21H20ClN5O2/c1-14-20(15(2)27(25-14)12-16-6-3-4-7-18(16)22)24-21(28)19-9-8-17(29-19)13-26-11-5-10-23-26/h3-11H,12-13H2,1-2H3,(H,24,28). The fraction of sp³-hybridized carbons (Fsp3) is 0.190. The molecule has 0 fully saturated rings. The van der Waals surface area contributed by atoms with Gasteiger partial charge in [-0.05, 0) is 43.7 Å². The van der Waals surface area contributed by atoms with Crippen LogP contribution in [0.1, 0.15) is 33.3 Å². The fourth-order valence-electron chi connectivity index (χ4n) is 3.13. The number of aryl methyl sites for hydroxylation is 1. The molecule has 0 radical (unpaired) electrons. The van der Waals surface area contributed by atoms with Crippen molar-refractivity contribution in [3.05, 3.63) is 88.4 Å². The number of carbonyl (C=O) groups is 1. The zero-order chi connectivity index (χ0) is 20.4. The van der Waals surface area contributed by atoms with Gasteiger partial charge in [-0.3, -0.25) is 14.2 Å². The molecule has 3 heterocycles. The minimum Gasteiger partial charge on any atom is -0.454 e. The van der Waals surface area contributed by atoms with E-state index in [9.17, 15) is 4.79 Å². The average molecular weight is 410 g/mol. The van der Waals surface area contributed by atoms with Gasteiger partial charge < -0.3 is 9.73 Å². The summed E-state index contributed by atoms with van der Waals surface area (Å²) >= 11 is 6.26. The summed E-state index contributed by atoms with van der Waals surface area (Å²) in [7, 11) is 0. The van der Waals surface area contributed by atoms with Crippen LogP contribution in [0.4, 0.5) is 5.69 Å². The lowest BCUT2D eigenvalue weighted by Crippen LogP contribution is -2.12. The van der Waals surface area contributed by atoms with Crippen LogP contribution in [0.5, 0.6) is 0 Å². The third-order valence-electron chi connectivity index (χ3n) is 4.66. The monoisotopic (exact) mass is 409 g/mol. The molecule has 0 saturated heterocycles. The smallest absolute Gasteiger partial charge is 0.291 e. The van der Waals surface area contributed by atoms with Crippen LogP contribution in [0.3, 0.4) is 0 Å². The van der Waals surface area contributed by atoms with Crippen LogP contribution in [-0.2, 0) is 13.1 Å². The van der Waals surface area contributed by atoms with Gasteiger partial charge in [0.05, 0.1) is 30.2 Å². The Morgan fingerprint density at radius 1 is 1.14 bits per heavy atom. The normalized spacial score (nSPS) is 11.0. The van der Waals surface area contributed by atoms with Gasteiger partial charge in [0, 0.05) is 17.4 Å². The molecule has 0 bridgehead atoms. The van der Waals surface area contributed by atoms with Crippen LogP contribution in [0, 0.1) is 13.8 Å². The lowest BCUT2D eigenvalue weighted by atomic mass is 10.2. The Kier molecular flexibility index (Phi) is 5.22. The summed E-state index contributed by atoms with van der Waals surface area (Å²) in [6.07, 6.45) is 3.53. The summed E-state index contributed by atoms with van der Waals surface area (Å²) < 4.78 is 9.23. The molecule has 8 heteroatoms. The third-order valence-corrected chi connectivity index (χ3v) is 5.03. The van der Waals surface area contributed by atoms with E-state index in [4.69, 9.17) is 16.0 Å². The number of amides is 1. The molecule has 3 aromatic heterocycles. The minimum absolute atomic E-state index is 0.241. The second-order valence-electron chi connectivity index (χ2n) is 6.72. The lowest BCUT2D eigenvalue weighted by molar-refractivity contribution is 0.0994. The minimum atomic E-state index is -0.319. The Labute approximate surface area is 172 Å². The maximum absolute atomic E-state index is 12.7. The van der Waals surface area contributed by atoms with E-state index < -0.39 is 0 Å². The molecule has 0 atom stereocenters. The van der Waals surface area contributed by atoms with E-state index in [0.717, 1.165) is 17.0 Å². The van der Waals surface area contributed by atoms with E-state index in [1.165, 1.54) is 0 Å². The quantitative estimate of drug-likeness (QED) is 0.515. The highest BCUT2D eigenvalue weighted by molar-refractivity contribution is 6.31. The molecule has 148 valence electrons. The summed E-state index contributed by atoms with van der Waals surface area (Å²) in [5.41, 5.74) is 3.21. The van der Waals surface area contributed by atoms with Gasteiger partial charge in [0.1, 0.15) is 5.76 Å². The van der Waals surface area contributed by atoms with Gasteiger partial charge in [-0.2, -0.15) is 10.2 Å². The highest BCUT2D eigenvalue weighted by atomic mass is 35.5. The largest absolute Gasteiger partial charge is 0.454 e. The molecule has 0 aliphatic rings. The Morgan fingerprint density at radius 3 is 2.72 bits per heavy atom. The number of benzene rings is 1. The molecule has 0 unspecified atom stereocenters. The van der Waals surface area contributed by atoms with Crippen LogP contribution >= 0.6 is 11.6 Å². The summed E-state index contributed by atoms with van der Waals surface area (Å²) in [6.45, 7) is 4.76. The van der Waals surface area contributed by atoms with Crippen molar-refractivity contribution < 1.29 is 9.21 Å². The zero-order valence-corrected chi connectivity index (χ0v) is 16.8. The molecule has 0 aliphatic heterocycles. The Hall–Kier alpha value is -3.32. The van der Waals surface area contributed by atoms with E-state index in [0.29, 0.717) is 29.6 Å². The Balaban J connectivity index is 1.49. The summed E-state index contributed by atoms with van der Waals surface area (Å²) in [4.78, 5) is 12.7. The molecular formula is C21H20ClN5O2. The van der Waals surface area contributed by atoms with Crippen LogP contribution in [0.25, 0.3) is 0 Å². The van der Waals surface area contributed by atoms with E-state index in [-0.39, 0.29) is 11.7 Å². The molecule has 7 nitrogen and oxygen atoms in total. The molecular weight excluding hydrogens is 390 g/mol. The van der Waals surface area contributed by atoms with Crippen molar-refractivity contribution in [3.8, 4) is 0 Å². The molecule has 1 N–H and O–H groups in total. The van der Waals surface area contributed by atoms with E-state index in [1.54, 1.807) is 23.0 Å². The number of rotatable bonds is 6. The maximum atomic E-state index is 12.7. The molecule has 4 aromatic rings. The van der Waals surface area contributed by atoms with Crippen molar-refractivity contribution in [1.29, 1.82) is 0 Å². The fourth-order valence-corrected chi connectivity index (χ4v) is 3.33. The number of hydrogen-bond donors (Lipinski definition) is 1. The van der Waals surface area contributed by atoms with Crippen LogP contribution in [-0.4, -0.2) is 25.5 Å². The predicted molar refractivity (Wildman–Crippen MR) is 110 cm³/mol. The van der Waals surface area contributed by atoms with Gasteiger partial charge in [-0.15, -0.1) is 0 Å². The molecule has 0 saturated carbocycles.